The Morgan fingerprint density at radius 3 is 2.36 bits per heavy atom. The molecule has 0 radical (unpaired) electrons. The van der Waals surface area contributed by atoms with Gasteiger partial charge in [0, 0.05) is 32.0 Å². The van der Waals surface area contributed by atoms with E-state index in [1.165, 1.54) is 0 Å². The zero-order chi connectivity index (χ0) is 25.7. The molecule has 0 aliphatic rings. The molecule has 1 atom stereocenters. The number of methoxy groups -OCH3 is 1. The topological polar surface area (TPSA) is 92.6 Å². The zero-order valence-electron chi connectivity index (χ0n) is 20.9. The average Bonchev–Trinajstić information content (AvgIpc) is 3.30. The molecule has 0 aliphatic heterocycles. The smallest absolute Gasteiger partial charge is 0.246 e. The van der Waals surface area contributed by atoms with Gasteiger partial charge in [0.1, 0.15) is 23.9 Å². The van der Waals surface area contributed by atoms with Gasteiger partial charge in [0.15, 0.2) is 0 Å². The number of nitrogens with one attached hydrogen (secondary N) is 1. The van der Waals surface area contributed by atoms with Crippen molar-refractivity contribution in [3.63, 3.8) is 0 Å². The van der Waals surface area contributed by atoms with Crippen molar-refractivity contribution in [2.45, 2.75) is 26.1 Å². The minimum atomic E-state index is -0.733. The van der Waals surface area contributed by atoms with E-state index in [1.807, 2.05) is 91.8 Å². The normalized spacial score (nSPS) is 11.7. The number of fused-ring (bicyclic) bond motifs is 1. The van der Waals surface area contributed by atoms with E-state index in [2.05, 4.69) is 15.6 Å². The summed E-state index contributed by atoms with van der Waals surface area (Å²) in [7, 11) is 5.51. The van der Waals surface area contributed by atoms with Gasteiger partial charge in [0.05, 0.1) is 12.6 Å². The molecule has 0 aliphatic carbocycles. The van der Waals surface area contributed by atoms with Crippen molar-refractivity contribution in [3.8, 4) is 5.75 Å². The average molecular weight is 487 g/mol. The third kappa shape index (κ3) is 5.63. The van der Waals surface area contributed by atoms with Gasteiger partial charge >= 0.3 is 0 Å². The van der Waals surface area contributed by atoms with E-state index in [-0.39, 0.29) is 24.9 Å². The van der Waals surface area contributed by atoms with E-state index in [0.29, 0.717) is 11.2 Å². The molecular formula is C27H30N6O3. The van der Waals surface area contributed by atoms with Gasteiger partial charge < -0.3 is 19.9 Å². The molecule has 1 heterocycles. The standard InChI is InChI=1S/C27H30N6O3/c1-19(27(35)28-21-11-13-22(14-12-21)31(2)3)32(17-20-9-15-23(36-4)16-10-20)26(34)18-33-25-8-6-5-7-24(25)29-30-33/h5-16,19H,17-18H2,1-4H3,(H,28,35). The second-order valence-corrected chi connectivity index (χ2v) is 8.71. The van der Waals surface area contributed by atoms with Crippen LogP contribution in [0.15, 0.2) is 72.8 Å². The first-order valence-corrected chi connectivity index (χ1v) is 11.6. The van der Waals surface area contributed by atoms with Crippen LogP contribution in [0.1, 0.15) is 12.5 Å². The predicted molar refractivity (Wildman–Crippen MR) is 140 cm³/mol. The molecule has 0 bridgehead atoms. The summed E-state index contributed by atoms with van der Waals surface area (Å²) in [5, 5.41) is 11.2. The maximum atomic E-state index is 13.5. The van der Waals surface area contributed by atoms with Gasteiger partial charge in [-0.05, 0) is 61.0 Å². The lowest BCUT2D eigenvalue weighted by atomic mass is 10.1. The number of carbonyl (C=O) groups excluding carboxylic acids is 2. The van der Waals surface area contributed by atoms with Gasteiger partial charge in [-0.25, -0.2) is 4.68 Å². The maximum Gasteiger partial charge on any atom is 0.246 e. The molecule has 1 aromatic heterocycles. The van der Waals surface area contributed by atoms with Crippen LogP contribution in [0.25, 0.3) is 11.0 Å². The minimum Gasteiger partial charge on any atom is -0.497 e. The van der Waals surface area contributed by atoms with Gasteiger partial charge in [-0.3, -0.25) is 9.59 Å². The van der Waals surface area contributed by atoms with Crippen LogP contribution in [0.4, 0.5) is 11.4 Å². The summed E-state index contributed by atoms with van der Waals surface area (Å²) in [4.78, 5) is 30.3. The highest BCUT2D eigenvalue weighted by molar-refractivity contribution is 5.97. The number of carbonyl (C=O) groups is 2. The van der Waals surface area contributed by atoms with Crippen LogP contribution in [0.3, 0.4) is 0 Å². The first-order chi connectivity index (χ1) is 17.4. The monoisotopic (exact) mass is 486 g/mol. The summed E-state index contributed by atoms with van der Waals surface area (Å²) < 4.78 is 6.80. The molecule has 1 N–H and O–H groups in total. The number of aromatic nitrogens is 3. The molecule has 36 heavy (non-hydrogen) atoms. The van der Waals surface area contributed by atoms with Crippen LogP contribution >= 0.6 is 0 Å². The summed E-state index contributed by atoms with van der Waals surface area (Å²) in [6, 6.07) is 21.7. The molecule has 4 rings (SSSR count). The maximum absolute atomic E-state index is 13.5. The molecule has 0 spiro atoms. The van der Waals surface area contributed by atoms with Crippen molar-refractivity contribution in [1.29, 1.82) is 0 Å². The molecule has 9 heteroatoms. The Balaban J connectivity index is 1.55. The van der Waals surface area contributed by atoms with E-state index in [9.17, 15) is 9.59 Å². The number of benzene rings is 3. The lowest BCUT2D eigenvalue weighted by Gasteiger charge is -2.29. The molecule has 0 fully saturated rings. The van der Waals surface area contributed by atoms with E-state index >= 15 is 0 Å². The number of rotatable bonds is 9. The van der Waals surface area contributed by atoms with Gasteiger partial charge in [-0.2, -0.15) is 0 Å². The highest BCUT2D eigenvalue weighted by Gasteiger charge is 2.27. The Kier molecular flexibility index (Phi) is 7.48. The molecular weight excluding hydrogens is 456 g/mol. The number of anilines is 2. The molecule has 0 saturated carbocycles. The summed E-state index contributed by atoms with van der Waals surface area (Å²) in [6.45, 7) is 1.94. The number of hydrogen-bond donors (Lipinski definition) is 1. The second-order valence-electron chi connectivity index (χ2n) is 8.71. The minimum absolute atomic E-state index is 0.0359. The van der Waals surface area contributed by atoms with Crippen molar-refractivity contribution in [2.75, 3.05) is 31.4 Å². The van der Waals surface area contributed by atoms with Crippen LogP contribution in [0, 0.1) is 0 Å². The number of nitrogens with zero attached hydrogens (tertiary/aromatic N) is 5. The number of para-hydroxylation sites is 1. The Morgan fingerprint density at radius 2 is 1.69 bits per heavy atom. The fraction of sp³-hybridized carbons (Fsp3) is 0.259. The van der Waals surface area contributed by atoms with Crippen LogP contribution < -0.4 is 15.0 Å². The molecule has 1 unspecified atom stereocenters. The number of hydrogen-bond acceptors (Lipinski definition) is 6. The predicted octanol–water partition coefficient (Wildman–Crippen LogP) is 3.56. The summed E-state index contributed by atoms with van der Waals surface area (Å²) in [6.07, 6.45) is 0. The quantitative estimate of drug-likeness (QED) is 0.389. The van der Waals surface area contributed by atoms with Gasteiger partial charge in [0.2, 0.25) is 11.8 Å². The van der Waals surface area contributed by atoms with E-state index in [4.69, 9.17) is 4.74 Å². The number of amides is 2. The van der Waals surface area contributed by atoms with Crippen molar-refractivity contribution >= 4 is 34.2 Å². The van der Waals surface area contributed by atoms with Crippen molar-refractivity contribution in [1.82, 2.24) is 19.9 Å². The lowest BCUT2D eigenvalue weighted by Crippen LogP contribution is -2.46. The first-order valence-electron chi connectivity index (χ1n) is 11.6. The lowest BCUT2D eigenvalue weighted by molar-refractivity contribution is -0.139. The number of ether oxygens (including phenoxy) is 1. The molecule has 0 saturated heterocycles. The molecule has 2 amide bonds. The highest BCUT2D eigenvalue weighted by Crippen LogP contribution is 2.19. The highest BCUT2D eigenvalue weighted by atomic mass is 16.5. The Bertz CT molecular complexity index is 1330. The molecule has 186 valence electrons. The Labute approximate surface area is 210 Å². The van der Waals surface area contributed by atoms with Gasteiger partial charge in [-0.1, -0.05) is 29.5 Å². The molecule has 9 nitrogen and oxygen atoms in total. The fourth-order valence-electron chi connectivity index (χ4n) is 3.85. The zero-order valence-corrected chi connectivity index (χ0v) is 20.9. The van der Waals surface area contributed by atoms with Crippen molar-refractivity contribution in [2.24, 2.45) is 0 Å². The SMILES string of the molecule is COc1ccc(CN(C(=O)Cn2nnc3ccccc32)C(C)C(=O)Nc2ccc(N(C)C)cc2)cc1. The van der Waals surface area contributed by atoms with Crippen LogP contribution in [-0.2, 0) is 22.7 Å². The Morgan fingerprint density at radius 1 is 1.00 bits per heavy atom. The fourth-order valence-corrected chi connectivity index (χ4v) is 3.85. The first kappa shape index (κ1) is 24.7. The van der Waals surface area contributed by atoms with Gasteiger partial charge in [0.25, 0.3) is 0 Å². The van der Waals surface area contributed by atoms with E-state index in [0.717, 1.165) is 22.5 Å². The second kappa shape index (κ2) is 10.9. The summed E-state index contributed by atoms with van der Waals surface area (Å²) >= 11 is 0. The largest absolute Gasteiger partial charge is 0.497 e. The third-order valence-corrected chi connectivity index (χ3v) is 6.04. The third-order valence-electron chi connectivity index (χ3n) is 6.04. The summed E-state index contributed by atoms with van der Waals surface area (Å²) in [5.74, 6) is 0.197. The van der Waals surface area contributed by atoms with Gasteiger partial charge in [-0.15, -0.1) is 5.10 Å². The van der Waals surface area contributed by atoms with Crippen molar-refractivity contribution < 1.29 is 14.3 Å². The van der Waals surface area contributed by atoms with E-state index < -0.39 is 6.04 Å². The van der Waals surface area contributed by atoms with Crippen LogP contribution in [0.5, 0.6) is 5.75 Å². The Hall–Kier alpha value is -4.40. The van der Waals surface area contributed by atoms with E-state index in [1.54, 1.807) is 23.6 Å². The van der Waals surface area contributed by atoms with Crippen molar-refractivity contribution in [3.05, 3.63) is 78.4 Å². The van der Waals surface area contributed by atoms with Crippen LogP contribution in [-0.4, -0.2) is 59.0 Å². The molecule has 3 aromatic carbocycles. The summed E-state index contributed by atoms with van der Waals surface area (Å²) in [5.41, 5.74) is 4.03. The molecule has 4 aromatic rings. The van der Waals surface area contributed by atoms with Crippen LogP contribution in [0.2, 0.25) is 0 Å².